The Morgan fingerprint density at radius 1 is 1.09 bits per heavy atom. The highest BCUT2D eigenvalue weighted by Gasteiger charge is 2.30. The monoisotopic (exact) mass is 620 g/mol. The largest absolute Gasteiger partial charge is 0.495 e. The number of amides is 2. The Bertz CT molecular complexity index is 1630. The molecular formula is C30H37F3N5O4S+. The van der Waals surface area contributed by atoms with Gasteiger partial charge >= 0.3 is 12.2 Å². The minimum atomic E-state index is -4.50. The second-order valence-electron chi connectivity index (χ2n) is 11.0. The van der Waals surface area contributed by atoms with Gasteiger partial charge in [0.2, 0.25) is 0 Å². The van der Waals surface area contributed by atoms with Crippen LogP contribution in [0.2, 0.25) is 0 Å². The lowest BCUT2D eigenvalue weighted by Crippen LogP contribution is -3.10. The number of halogens is 3. The van der Waals surface area contributed by atoms with Crippen molar-refractivity contribution in [2.24, 2.45) is 0 Å². The Hall–Kier alpha value is -3.89. The first-order valence-electron chi connectivity index (χ1n) is 13.9. The van der Waals surface area contributed by atoms with Crippen LogP contribution in [0, 0.1) is 11.8 Å². The third-order valence-electron chi connectivity index (χ3n) is 7.60. The number of methoxy groups -OCH3 is 1. The number of sulfone groups is 1. The van der Waals surface area contributed by atoms with E-state index in [0.29, 0.717) is 28.3 Å². The van der Waals surface area contributed by atoms with E-state index in [1.807, 2.05) is 0 Å². The lowest BCUT2D eigenvalue weighted by atomic mass is 9.91. The molecule has 0 saturated heterocycles. The van der Waals surface area contributed by atoms with Crippen LogP contribution in [0.4, 0.5) is 29.3 Å². The minimum absolute atomic E-state index is 0.0414. The lowest BCUT2D eigenvalue weighted by Gasteiger charge is -2.30. The van der Waals surface area contributed by atoms with Crippen LogP contribution in [0.25, 0.3) is 10.9 Å². The van der Waals surface area contributed by atoms with Crippen molar-refractivity contribution in [1.29, 1.82) is 0 Å². The molecule has 0 aliphatic heterocycles. The van der Waals surface area contributed by atoms with E-state index in [4.69, 9.17) is 4.74 Å². The summed E-state index contributed by atoms with van der Waals surface area (Å²) in [6.07, 6.45) is 0.361. The summed E-state index contributed by atoms with van der Waals surface area (Å²) >= 11 is 0. The van der Waals surface area contributed by atoms with Gasteiger partial charge in [-0.15, -0.1) is 0 Å². The van der Waals surface area contributed by atoms with E-state index in [9.17, 15) is 26.4 Å². The fourth-order valence-electron chi connectivity index (χ4n) is 5.33. The predicted octanol–water partition coefficient (Wildman–Crippen LogP) is 3.66. The molecule has 1 aliphatic rings. The highest BCUT2D eigenvalue weighted by molar-refractivity contribution is 7.90. The normalized spacial score (nSPS) is 17.3. The summed E-state index contributed by atoms with van der Waals surface area (Å²) in [5, 5.41) is 9.27. The standard InChI is InChI=1S/C30H36F3N5O4S/c1-37(2)21-12-10-20(11-13-21)35-29(39)36-25-8-5-9-27-24(25)17-22(38(27)19-30(31,32)33)7-6-16-34-26-15-14-23(43(4,40)41)18-28(26)42-3/h5,8-9,14-15,17-18,20-21,34H,10-13,16,19H2,1-4H3,(H2,35,36,39)/p+1. The van der Waals surface area contributed by atoms with Crippen molar-refractivity contribution >= 4 is 38.1 Å². The number of hydrogen-bond acceptors (Lipinski definition) is 5. The Labute approximate surface area is 249 Å². The Kier molecular flexibility index (Phi) is 9.82. The maximum atomic E-state index is 13.6. The van der Waals surface area contributed by atoms with E-state index in [1.165, 1.54) is 36.3 Å². The number of quaternary nitrogens is 1. The molecular weight excluding hydrogens is 583 g/mol. The quantitative estimate of drug-likeness (QED) is 0.288. The van der Waals surface area contributed by atoms with Gasteiger partial charge in [-0.25, -0.2) is 13.2 Å². The number of nitrogens with one attached hydrogen (secondary N) is 4. The van der Waals surface area contributed by atoms with Crippen LogP contribution in [0.5, 0.6) is 5.75 Å². The van der Waals surface area contributed by atoms with Gasteiger partial charge in [-0.2, -0.15) is 13.2 Å². The fraction of sp³-hybridized carbons (Fsp3) is 0.433. The van der Waals surface area contributed by atoms with Crippen molar-refractivity contribution in [2.45, 2.75) is 55.4 Å². The molecule has 9 nitrogen and oxygen atoms in total. The molecule has 1 heterocycles. The Morgan fingerprint density at radius 3 is 2.44 bits per heavy atom. The number of aromatic nitrogens is 1. The number of carbonyl (C=O) groups is 1. The van der Waals surface area contributed by atoms with Gasteiger partial charge in [-0.05, 0) is 49.1 Å². The summed E-state index contributed by atoms with van der Waals surface area (Å²) in [6.45, 7) is -1.20. The van der Waals surface area contributed by atoms with Gasteiger partial charge in [0.25, 0.3) is 0 Å². The predicted molar refractivity (Wildman–Crippen MR) is 160 cm³/mol. The van der Waals surface area contributed by atoms with Crippen molar-refractivity contribution in [3.8, 4) is 17.6 Å². The molecule has 4 N–H and O–H groups in total. The lowest BCUT2D eigenvalue weighted by molar-refractivity contribution is -0.887. The number of fused-ring (bicyclic) bond motifs is 1. The summed E-state index contributed by atoms with van der Waals surface area (Å²) in [4.78, 5) is 14.3. The number of carbonyl (C=O) groups excluding carboxylic acids is 1. The smallest absolute Gasteiger partial charge is 0.406 e. The van der Waals surface area contributed by atoms with Gasteiger partial charge in [0.15, 0.2) is 9.84 Å². The molecule has 3 aromatic rings. The van der Waals surface area contributed by atoms with Crippen LogP contribution in [-0.4, -0.2) is 71.3 Å². The van der Waals surface area contributed by atoms with Crippen molar-refractivity contribution < 1.29 is 36.0 Å². The van der Waals surface area contributed by atoms with Gasteiger partial charge in [0, 0.05) is 36.6 Å². The Balaban J connectivity index is 1.53. The van der Waals surface area contributed by atoms with Gasteiger partial charge in [0.05, 0.1) is 61.3 Å². The average Bonchev–Trinajstić information content (AvgIpc) is 3.27. The minimum Gasteiger partial charge on any atom is -0.495 e. The number of ether oxygens (including phenoxy) is 1. The first-order valence-corrected chi connectivity index (χ1v) is 15.8. The van der Waals surface area contributed by atoms with Crippen LogP contribution in [-0.2, 0) is 16.4 Å². The van der Waals surface area contributed by atoms with Crippen molar-refractivity contribution in [3.63, 3.8) is 0 Å². The SMILES string of the molecule is COc1cc(S(C)(=O)=O)ccc1NCC#Cc1cc2c(NC(=O)NC3CCC([NH+](C)C)CC3)cccc2n1CC(F)(F)F. The summed E-state index contributed by atoms with van der Waals surface area (Å²) in [6, 6.07) is 10.9. The molecule has 43 heavy (non-hydrogen) atoms. The number of rotatable bonds is 8. The topological polar surface area (TPSA) is 106 Å². The number of anilines is 2. The van der Waals surface area contributed by atoms with E-state index < -0.39 is 28.6 Å². The summed E-state index contributed by atoms with van der Waals surface area (Å²) < 4.78 is 70.7. The fourth-order valence-corrected chi connectivity index (χ4v) is 5.96. The first kappa shape index (κ1) is 32.0. The van der Waals surface area contributed by atoms with E-state index in [-0.39, 0.29) is 28.9 Å². The molecule has 0 bridgehead atoms. The molecule has 0 unspecified atom stereocenters. The zero-order valence-corrected chi connectivity index (χ0v) is 25.4. The molecule has 1 aromatic heterocycles. The van der Waals surface area contributed by atoms with E-state index >= 15 is 0 Å². The zero-order chi connectivity index (χ0) is 31.4. The van der Waals surface area contributed by atoms with E-state index in [2.05, 4.69) is 41.9 Å². The molecule has 1 saturated carbocycles. The Morgan fingerprint density at radius 2 is 1.81 bits per heavy atom. The van der Waals surface area contributed by atoms with Crippen LogP contribution in [0.15, 0.2) is 47.4 Å². The van der Waals surface area contributed by atoms with Crippen molar-refractivity contribution in [2.75, 3.05) is 44.6 Å². The molecule has 0 radical (unpaired) electrons. The second kappa shape index (κ2) is 13.2. The third kappa shape index (κ3) is 8.36. The van der Waals surface area contributed by atoms with Crippen LogP contribution >= 0.6 is 0 Å². The number of urea groups is 1. The average molecular weight is 621 g/mol. The van der Waals surface area contributed by atoms with Crippen LogP contribution < -0.4 is 25.6 Å². The van der Waals surface area contributed by atoms with Gasteiger partial charge in [0.1, 0.15) is 12.3 Å². The molecule has 0 atom stereocenters. The maximum absolute atomic E-state index is 13.6. The zero-order valence-electron chi connectivity index (χ0n) is 24.6. The maximum Gasteiger partial charge on any atom is 0.406 e. The highest BCUT2D eigenvalue weighted by atomic mass is 32.2. The molecule has 2 amide bonds. The molecule has 2 aromatic carbocycles. The highest BCUT2D eigenvalue weighted by Crippen LogP contribution is 2.31. The van der Waals surface area contributed by atoms with Crippen LogP contribution in [0.3, 0.4) is 0 Å². The molecule has 4 rings (SSSR count). The van der Waals surface area contributed by atoms with E-state index in [0.717, 1.165) is 36.5 Å². The van der Waals surface area contributed by atoms with Crippen molar-refractivity contribution in [3.05, 3.63) is 48.2 Å². The first-order chi connectivity index (χ1) is 20.2. The summed E-state index contributed by atoms with van der Waals surface area (Å²) in [5.74, 6) is 5.93. The number of hydrogen-bond donors (Lipinski definition) is 4. The number of benzene rings is 2. The number of alkyl halides is 3. The second-order valence-corrected chi connectivity index (χ2v) is 13.0. The van der Waals surface area contributed by atoms with Crippen LogP contribution in [0.1, 0.15) is 31.4 Å². The van der Waals surface area contributed by atoms with Gasteiger partial charge in [-0.3, -0.25) is 0 Å². The molecule has 13 heteroatoms. The van der Waals surface area contributed by atoms with Gasteiger partial charge in [-0.1, -0.05) is 12.0 Å². The summed E-state index contributed by atoms with van der Waals surface area (Å²) in [7, 11) is 2.23. The third-order valence-corrected chi connectivity index (χ3v) is 8.71. The summed E-state index contributed by atoms with van der Waals surface area (Å²) in [5.41, 5.74) is 1.29. The molecule has 0 spiro atoms. The molecule has 1 fully saturated rings. The van der Waals surface area contributed by atoms with Gasteiger partial charge < -0.3 is 30.2 Å². The molecule has 1 aliphatic carbocycles. The van der Waals surface area contributed by atoms with Crippen molar-refractivity contribution in [1.82, 2.24) is 9.88 Å². The molecule has 232 valence electrons. The number of nitrogens with zero attached hydrogens (tertiary/aromatic N) is 1. The van der Waals surface area contributed by atoms with E-state index in [1.54, 1.807) is 18.2 Å².